The Labute approximate surface area is 324 Å². The van der Waals surface area contributed by atoms with Crippen molar-refractivity contribution in [1.29, 1.82) is 10.8 Å². The highest BCUT2D eigenvalue weighted by atomic mass is 35.6. The Morgan fingerprint density at radius 3 is 0.920 bits per heavy atom. The molecule has 0 aromatic rings. The molecule has 0 radical (unpaired) electrons. The fraction of sp³-hybridized carbons (Fsp3) is 0.692. The van der Waals surface area contributed by atoms with Gasteiger partial charge in [0.1, 0.15) is 0 Å². The highest BCUT2D eigenvalue weighted by Crippen LogP contribution is 2.38. The highest BCUT2D eigenvalue weighted by molar-refractivity contribution is 8.00. The van der Waals surface area contributed by atoms with Crippen LogP contribution in [0.1, 0.15) is 41.5 Å². The molecule has 16 nitrogen and oxygen atoms in total. The van der Waals surface area contributed by atoms with Crippen LogP contribution in [-0.2, 0) is 66.7 Å². The van der Waals surface area contributed by atoms with E-state index in [0.717, 1.165) is 51.2 Å². The molecule has 8 atom stereocenters. The van der Waals surface area contributed by atoms with Gasteiger partial charge in [-0.3, -0.25) is 39.6 Å². The summed E-state index contributed by atoms with van der Waals surface area (Å²) in [5.74, 6) is -5.04. The number of hydrogen-bond acceptors (Lipinski definition) is 18. The minimum Gasteiger partial charge on any atom is -0.459 e. The van der Waals surface area contributed by atoms with E-state index in [0.29, 0.717) is 0 Å². The van der Waals surface area contributed by atoms with E-state index in [1.807, 2.05) is 0 Å². The second-order valence-corrected chi connectivity index (χ2v) is 16.7. The maximum Gasteiger partial charge on any atom is 0.303 e. The monoisotopic (exact) mass is 870 g/mol. The van der Waals surface area contributed by atoms with E-state index in [2.05, 4.69) is 0 Å². The van der Waals surface area contributed by atoms with E-state index in [4.69, 9.17) is 118 Å². The standard InChI is InChI=1S/2C13H16Cl3NO7S/c2*1-5(18)21-8-4-25-11(24-12(17)13(14,15)16)10(23-7(3)20)9(8)22-6(2)19/h2*8-11,17H,4H2,1-3H3/t2*8-,9+,10-,11+/m10/s1. The zero-order chi connectivity index (χ0) is 38.7. The summed E-state index contributed by atoms with van der Waals surface area (Å²) in [4.78, 5) is 68.2. The summed E-state index contributed by atoms with van der Waals surface area (Å²) in [7, 11) is 0. The molecule has 0 spiro atoms. The highest BCUT2D eigenvalue weighted by Gasteiger charge is 2.50. The van der Waals surface area contributed by atoms with Crippen molar-refractivity contribution >= 4 is 141 Å². The zero-order valence-corrected chi connectivity index (χ0v) is 33.0. The largest absolute Gasteiger partial charge is 0.459 e. The van der Waals surface area contributed by atoms with E-state index >= 15 is 0 Å². The number of nitrogens with one attached hydrogen (secondary N) is 2. The number of alkyl halides is 6. The molecule has 2 fully saturated rings. The Kier molecular flexibility index (Phi) is 18.9. The molecule has 0 amide bonds. The third-order valence-electron chi connectivity index (χ3n) is 5.59. The molecule has 0 aromatic carbocycles. The zero-order valence-electron chi connectivity index (χ0n) is 26.8. The van der Waals surface area contributed by atoms with Gasteiger partial charge in [-0.1, -0.05) is 69.6 Å². The van der Waals surface area contributed by atoms with Gasteiger partial charge in [-0.15, -0.1) is 23.5 Å². The molecule has 0 aliphatic carbocycles. The van der Waals surface area contributed by atoms with Crippen molar-refractivity contribution in [3.8, 4) is 0 Å². The number of rotatable bonds is 8. The molecule has 24 heteroatoms. The summed E-state index contributed by atoms with van der Waals surface area (Å²) in [6, 6.07) is 0. The second kappa shape index (κ2) is 20.4. The predicted molar refractivity (Wildman–Crippen MR) is 184 cm³/mol. The predicted octanol–water partition coefficient (Wildman–Crippen LogP) is 4.44. The third-order valence-corrected chi connectivity index (χ3v) is 9.05. The molecule has 0 aromatic heterocycles. The molecule has 2 aliphatic rings. The number of carbonyl (C=O) groups excluding carboxylic acids is 6. The van der Waals surface area contributed by atoms with Crippen LogP contribution in [0, 0.1) is 10.8 Å². The minimum atomic E-state index is -2.12. The Hall–Kier alpha value is -1.80. The summed E-state index contributed by atoms with van der Waals surface area (Å²) >= 11 is 35.6. The van der Waals surface area contributed by atoms with Crippen molar-refractivity contribution in [3.63, 3.8) is 0 Å². The molecule has 284 valence electrons. The molecule has 2 saturated heterocycles. The third kappa shape index (κ3) is 16.3. The lowest BCUT2D eigenvalue weighted by Crippen LogP contribution is -2.55. The van der Waals surface area contributed by atoms with Crippen molar-refractivity contribution in [2.45, 2.75) is 96.6 Å². The summed E-state index contributed by atoms with van der Waals surface area (Å²) in [5, 5.41) is 15.3. The van der Waals surface area contributed by atoms with E-state index in [9.17, 15) is 28.8 Å². The Morgan fingerprint density at radius 1 is 0.460 bits per heavy atom. The van der Waals surface area contributed by atoms with Gasteiger partial charge in [-0.25, -0.2) is 0 Å². The average molecular weight is 873 g/mol. The van der Waals surface area contributed by atoms with Crippen LogP contribution in [0.25, 0.3) is 0 Å². The molecule has 2 aliphatic heterocycles. The number of halogens is 6. The van der Waals surface area contributed by atoms with E-state index in [-0.39, 0.29) is 11.5 Å². The summed E-state index contributed by atoms with van der Waals surface area (Å²) < 4.78 is 37.2. The van der Waals surface area contributed by atoms with Gasteiger partial charge in [-0.2, -0.15) is 0 Å². The lowest BCUT2D eigenvalue weighted by Gasteiger charge is -2.40. The van der Waals surface area contributed by atoms with Crippen LogP contribution >= 0.6 is 93.1 Å². The average Bonchev–Trinajstić information content (AvgIpc) is 2.92. The Bertz CT molecular complexity index is 1200. The van der Waals surface area contributed by atoms with E-state index in [1.165, 1.54) is 13.8 Å². The molecule has 50 heavy (non-hydrogen) atoms. The normalized spacial score (nSPS) is 26.3. The van der Waals surface area contributed by atoms with Gasteiger partial charge >= 0.3 is 35.8 Å². The van der Waals surface area contributed by atoms with Crippen LogP contribution in [0.15, 0.2) is 0 Å². The van der Waals surface area contributed by atoms with Gasteiger partial charge in [0.25, 0.3) is 7.59 Å². The first-order chi connectivity index (χ1) is 22.8. The topological polar surface area (TPSA) is 224 Å². The Morgan fingerprint density at radius 2 is 0.700 bits per heavy atom. The number of esters is 6. The molecule has 0 bridgehead atoms. The maximum atomic E-state index is 11.4. The first-order valence-electron chi connectivity index (χ1n) is 13.7. The van der Waals surface area contributed by atoms with Crippen molar-refractivity contribution in [1.82, 2.24) is 0 Å². The number of hydrogen-bond donors (Lipinski definition) is 2. The van der Waals surface area contributed by atoms with Gasteiger partial charge in [0.2, 0.25) is 11.8 Å². The number of carbonyl (C=O) groups is 6. The fourth-order valence-corrected chi connectivity index (χ4v) is 6.66. The summed E-state index contributed by atoms with van der Waals surface area (Å²) in [6.45, 7) is 6.96. The molecule has 2 rings (SSSR count). The van der Waals surface area contributed by atoms with Crippen LogP contribution < -0.4 is 0 Å². The second-order valence-electron chi connectivity index (χ2n) is 9.88. The van der Waals surface area contributed by atoms with Crippen LogP contribution in [-0.4, -0.2) is 114 Å². The van der Waals surface area contributed by atoms with Gasteiger partial charge in [-0.05, 0) is 0 Å². The fourth-order valence-electron chi connectivity index (χ4n) is 3.99. The van der Waals surface area contributed by atoms with Gasteiger partial charge in [0, 0.05) is 53.0 Å². The van der Waals surface area contributed by atoms with Gasteiger partial charge < -0.3 is 37.9 Å². The lowest BCUT2D eigenvalue weighted by molar-refractivity contribution is -0.187. The van der Waals surface area contributed by atoms with Crippen molar-refractivity contribution in [2.24, 2.45) is 0 Å². The first kappa shape index (κ1) is 46.2. The molecule has 2 N–H and O–H groups in total. The van der Waals surface area contributed by atoms with Crippen molar-refractivity contribution in [2.75, 3.05) is 11.5 Å². The van der Waals surface area contributed by atoms with Crippen LogP contribution in [0.3, 0.4) is 0 Å². The van der Waals surface area contributed by atoms with Crippen molar-refractivity contribution in [3.05, 3.63) is 0 Å². The van der Waals surface area contributed by atoms with E-state index < -0.39 is 103 Å². The van der Waals surface area contributed by atoms with Crippen LogP contribution in [0.4, 0.5) is 0 Å². The summed E-state index contributed by atoms with van der Waals surface area (Å²) in [5.41, 5.74) is -2.02. The molecule has 0 unspecified atom stereocenters. The molecule has 0 saturated carbocycles. The van der Waals surface area contributed by atoms with E-state index in [1.54, 1.807) is 0 Å². The quantitative estimate of drug-likeness (QED) is 0.113. The smallest absolute Gasteiger partial charge is 0.303 e. The Balaban J connectivity index is 0.000000500. The summed E-state index contributed by atoms with van der Waals surface area (Å²) in [6.07, 6.45) is -6.40. The van der Waals surface area contributed by atoms with Crippen LogP contribution in [0.2, 0.25) is 0 Å². The lowest BCUT2D eigenvalue weighted by atomic mass is 10.1. The van der Waals surface area contributed by atoms with Crippen molar-refractivity contribution < 1.29 is 66.7 Å². The maximum absolute atomic E-state index is 11.4. The number of ether oxygens (including phenoxy) is 8. The van der Waals surface area contributed by atoms with Gasteiger partial charge in [0.05, 0.1) is 0 Å². The minimum absolute atomic E-state index is 0.146. The number of thioether (sulfide) groups is 2. The van der Waals surface area contributed by atoms with Gasteiger partial charge in [0.15, 0.2) is 47.5 Å². The van der Waals surface area contributed by atoms with Crippen LogP contribution in [0.5, 0.6) is 0 Å². The molecular weight excluding hydrogens is 841 g/mol. The first-order valence-corrected chi connectivity index (χ1v) is 18.1. The molecule has 2 heterocycles. The molecular formula is C26H32Cl6N2O14S2. The SMILES string of the molecule is CC(=O)O[C@@H]1[C@@H](OC(C)=O)[C@@H](OC(=N)C(Cl)(Cl)Cl)SC[C@H]1OC(C)=O.CC(=O)O[C@H]1[C@H](OC(C)=O)[C@H](OC(=N)C(Cl)(Cl)Cl)SC[C@@H]1OC(C)=O.